The van der Waals surface area contributed by atoms with Crippen molar-refractivity contribution in [3.63, 3.8) is 0 Å². The Kier molecular flexibility index (Phi) is 6.03. The molecule has 0 aromatic carbocycles. The summed E-state index contributed by atoms with van der Waals surface area (Å²) in [4.78, 5) is 24.7. The molecular formula is C18H25F3N4O. The quantitative estimate of drug-likeness (QED) is 0.835. The van der Waals surface area contributed by atoms with Crippen molar-refractivity contribution in [3.8, 4) is 0 Å². The van der Waals surface area contributed by atoms with E-state index in [1.165, 1.54) is 6.08 Å². The van der Waals surface area contributed by atoms with Gasteiger partial charge in [-0.25, -0.2) is 4.98 Å². The van der Waals surface area contributed by atoms with Crippen molar-refractivity contribution in [2.24, 2.45) is 5.92 Å². The number of allylic oxidation sites excluding steroid dienone is 2. The molecule has 0 bridgehead atoms. The lowest BCUT2D eigenvalue weighted by Crippen LogP contribution is -2.28. The summed E-state index contributed by atoms with van der Waals surface area (Å²) < 4.78 is 38.3. The monoisotopic (exact) mass is 370 g/mol. The van der Waals surface area contributed by atoms with Crippen molar-refractivity contribution in [1.29, 1.82) is 0 Å². The average Bonchev–Trinajstić information content (AvgIpc) is 2.49. The maximum atomic E-state index is 12.8. The highest BCUT2D eigenvalue weighted by atomic mass is 19.4. The van der Waals surface area contributed by atoms with Crippen LogP contribution in [0.25, 0.3) is 5.57 Å². The molecule has 1 N–H and O–H groups in total. The molecule has 0 amide bonds. The Morgan fingerprint density at radius 2 is 1.85 bits per heavy atom. The largest absolute Gasteiger partial charge is 0.391 e. The number of aryl methyl sites for hydroxylation is 1. The van der Waals surface area contributed by atoms with Gasteiger partial charge in [-0.1, -0.05) is 6.92 Å². The van der Waals surface area contributed by atoms with Crippen LogP contribution in [0.5, 0.6) is 0 Å². The van der Waals surface area contributed by atoms with Crippen LogP contribution in [-0.4, -0.2) is 32.5 Å². The second-order valence-electron chi connectivity index (χ2n) is 7.74. The van der Waals surface area contributed by atoms with Gasteiger partial charge in [0.05, 0.1) is 5.92 Å². The van der Waals surface area contributed by atoms with Crippen LogP contribution in [0, 0.1) is 5.92 Å². The molecule has 0 saturated heterocycles. The molecule has 0 fully saturated rings. The van der Waals surface area contributed by atoms with Crippen LogP contribution in [0.1, 0.15) is 65.0 Å². The number of alkyl halides is 3. The van der Waals surface area contributed by atoms with Gasteiger partial charge in [0, 0.05) is 24.0 Å². The van der Waals surface area contributed by atoms with Crippen molar-refractivity contribution >= 4 is 17.3 Å². The molecule has 1 aliphatic carbocycles. The summed E-state index contributed by atoms with van der Waals surface area (Å²) in [5.41, 5.74) is 0.400. The Bertz CT molecular complexity index is 693. The third-order valence-electron chi connectivity index (χ3n) is 4.02. The van der Waals surface area contributed by atoms with Gasteiger partial charge in [0.2, 0.25) is 5.95 Å². The second kappa shape index (κ2) is 7.72. The number of hydrogen-bond acceptors (Lipinski definition) is 5. The molecule has 0 aliphatic heterocycles. The van der Waals surface area contributed by atoms with Crippen LogP contribution >= 0.6 is 0 Å². The maximum absolute atomic E-state index is 12.8. The number of aromatic nitrogens is 3. The summed E-state index contributed by atoms with van der Waals surface area (Å²) in [7, 11) is 0. The molecule has 0 unspecified atom stereocenters. The molecule has 5 nitrogen and oxygen atoms in total. The predicted molar refractivity (Wildman–Crippen MR) is 93.6 cm³/mol. The molecule has 1 aliphatic rings. The van der Waals surface area contributed by atoms with Gasteiger partial charge in [-0.2, -0.15) is 23.1 Å². The fourth-order valence-corrected chi connectivity index (χ4v) is 2.54. The highest BCUT2D eigenvalue weighted by molar-refractivity contribution is 5.97. The molecule has 144 valence electrons. The van der Waals surface area contributed by atoms with E-state index in [0.29, 0.717) is 36.0 Å². The molecule has 1 aromatic rings. The molecule has 1 atom stereocenters. The summed E-state index contributed by atoms with van der Waals surface area (Å²) in [5, 5.41) is 3.13. The van der Waals surface area contributed by atoms with Crippen molar-refractivity contribution in [1.82, 2.24) is 15.0 Å². The lowest BCUT2D eigenvalue weighted by molar-refractivity contribution is -0.171. The van der Waals surface area contributed by atoms with E-state index in [9.17, 15) is 18.0 Å². The number of anilines is 1. The van der Waals surface area contributed by atoms with Crippen molar-refractivity contribution in [2.75, 3.05) is 5.32 Å². The normalized spacial score (nSPS) is 17.0. The number of halogens is 3. The summed E-state index contributed by atoms with van der Waals surface area (Å²) in [5.74, 6) is -0.427. The highest BCUT2D eigenvalue weighted by Gasteiger charge is 2.35. The summed E-state index contributed by atoms with van der Waals surface area (Å²) in [6.07, 6.45) is -0.821. The van der Waals surface area contributed by atoms with Crippen molar-refractivity contribution in [2.45, 2.75) is 71.5 Å². The Balaban J connectivity index is 2.30. The van der Waals surface area contributed by atoms with E-state index in [4.69, 9.17) is 0 Å². The van der Waals surface area contributed by atoms with E-state index in [1.807, 2.05) is 20.8 Å². The molecule has 0 radical (unpaired) electrons. The molecular weight excluding hydrogens is 345 g/mol. The number of ketones is 1. The standard InChI is InChI=1S/C18H25F3N4O/c1-11(18(19,20)21)8-9-14-22-15(12-6-5-7-13(26)10-12)24-16(23-14)25-17(2,3)4/h10-11H,5-9H2,1-4H3,(H,22,23,24,25)/t11-/m0/s1. The molecule has 1 heterocycles. The predicted octanol–water partition coefficient (Wildman–Crippen LogP) is 4.35. The third kappa shape index (κ3) is 6.07. The maximum Gasteiger partial charge on any atom is 0.391 e. The minimum absolute atomic E-state index is 0.0178. The van der Waals surface area contributed by atoms with Gasteiger partial charge < -0.3 is 5.32 Å². The number of nitrogens with one attached hydrogen (secondary N) is 1. The van der Waals surface area contributed by atoms with Crippen LogP contribution in [0.2, 0.25) is 0 Å². The van der Waals surface area contributed by atoms with Gasteiger partial charge in [-0.15, -0.1) is 0 Å². The first-order chi connectivity index (χ1) is 11.9. The van der Waals surface area contributed by atoms with Crippen LogP contribution in [0.15, 0.2) is 6.08 Å². The van der Waals surface area contributed by atoms with Gasteiger partial charge in [0.1, 0.15) is 5.82 Å². The van der Waals surface area contributed by atoms with Gasteiger partial charge >= 0.3 is 6.18 Å². The molecule has 2 rings (SSSR count). The van der Waals surface area contributed by atoms with Gasteiger partial charge in [0.15, 0.2) is 11.6 Å². The van der Waals surface area contributed by atoms with E-state index < -0.39 is 12.1 Å². The molecule has 8 heteroatoms. The zero-order valence-corrected chi connectivity index (χ0v) is 15.6. The van der Waals surface area contributed by atoms with E-state index in [2.05, 4.69) is 20.3 Å². The zero-order valence-electron chi connectivity index (χ0n) is 15.6. The number of hydrogen-bond donors (Lipinski definition) is 1. The third-order valence-corrected chi connectivity index (χ3v) is 4.02. The highest BCUT2D eigenvalue weighted by Crippen LogP contribution is 2.29. The zero-order chi connectivity index (χ0) is 19.5. The number of carbonyl (C=O) groups excluding carboxylic acids is 1. The first kappa shape index (κ1) is 20.3. The van der Waals surface area contributed by atoms with Crippen LogP contribution in [-0.2, 0) is 11.2 Å². The van der Waals surface area contributed by atoms with Crippen LogP contribution in [0.3, 0.4) is 0 Å². The van der Waals surface area contributed by atoms with E-state index in [1.54, 1.807) is 0 Å². The number of rotatable bonds is 5. The van der Waals surface area contributed by atoms with E-state index >= 15 is 0 Å². The Hall–Kier alpha value is -1.99. The minimum atomic E-state index is -4.24. The minimum Gasteiger partial charge on any atom is -0.350 e. The van der Waals surface area contributed by atoms with Crippen molar-refractivity contribution in [3.05, 3.63) is 17.7 Å². The number of nitrogens with zero attached hydrogens (tertiary/aromatic N) is 3. The number of carbonyl (C=O) groups is 1. The average molecular weight is 370 g/mol. The Morgan fingerprint density at radius 3 is 2.42 bits per heavy atom. The van der Waals surface area contributed by atoms with Crippen molar-refractivity contribution < 1.29 is 18.0 Å². The SMILES string of the molecule is C[C@@H](CCc1nc(NC(C)(C)C)nc(C2=CC(=O)CCC2)n1)C(F)(F)F. The molecule has 26 heavy (non-hydrogen) atoms. The second-order valence-corrected chi connectivity index (χ2v) is 7.74. The fraction of sp³-hybridized carbons (Fsp3) is 0.667. The topological polar surface area (TPSA) is 67.8 Å². The van der Waals surface area contributed by atoms with E-state index in [-0.39, 0.29) is 24.2 Å². The lowest BCUT2D eigenvalue weighted by atomic mass is 9.98. The molecule has 1 aromatic heterocycles. The van der Waals surface area contributed by atoms with E-state index in [0.717, 1.165) is 13.3 Å². The molecule has 0 saturated carbocycles. The smallest absolute Gasteiger partial charge is 0.350 e. The van der Waals surface area contributed by atoms with Gasteiger partial charge in [0.25, 0.3) is 0 Å². The van der Waals surface area contributed by atoms with Crippen LogP contribution in [0.4, 0.5) is 19.1 Å². The first-order valence-corrected chi connectivity index (χ1v) is 8.77. The lowest BCUT2D eigenvalue weighted by Gasteiger charge is -2.22. The van der Waals surface area contributed by atoms with Gasteiger partial charge in [-0.05, 0) is 46.1 Å². The summed E-state index contributed by atoms with van der Waals surface area (Å²) in [6, 6.07) is 0. The summed E-state index contributed by atoms with van der Waals surface area (Å²) >= 11 is 0. The van der Waals surface area contributed by atoms with Gasteiger partial charge in [-0.3, -0.25) is 4.79 Å². The van der Waals surface area contributed by atoms with Crippen LogP contribution < -0.4 is 5.32 Å². The Morgan fingerprint density at radius 1 is 1.15 bits per heavy atom. The Labute approximate surface area is 151 Å². The molecule has 0 spiro atoms. The fourth-order valence-electron chi connectivity index (χ4n) is 2.54. The first-order valence-electron chi connectivity index (χ1n) is 8.77. The summed E-state index contributed by atoms with van der Waals surface area (Å²) in [6.45, 7) is 6.96.